The topological polar surface area (TPSA) is 89.9 Å². The van der Waals surface area contributed by atoms with Crippen LogP contribution in [-0.2, 0) is 17.5 Å². The smallest absolute Gasteiger partial charge is 0.342 e. The monoisotopic (exact) mass is 422 g/mol. The van der Waals surface area contributed by atoms with Crippen molar-refractivity contribution in [1.29, 1.82) is 0 Å². The fourth-order valence-corrected chi connectivity index (χ4v) is 3.89. The zero-order valence-corrected chi connectivity index (χ0v) is 16.4. The number of halogens is 3. The second-order valence-electron chi connectivity index (χ2n) is 7.48. The molecule has 0 N–H and O–H groups in total. The minimum atomic E-state index is -4.54. The summed E-state index contributed by atoms with van der Waals surface area (Å²) in [5.41, 5.74) is -0.471. The number of aromatic nitrogens is 5. The third-order valence-electron chi connectivity index (χ3n) is 5.38. The molecule has 4 rings (SSSR count). The first-order valence-electron chi connectivity index (χ1n) is 9.77. The molecule has 1 aliphatic rings. The Hall–Kier alpha value is -2.98. The van der Waals surface area contributed by atoms with Crippen LogP contribution in [0, 0.1) is 6.92 Å². The van der Waals surface area contributed by atoms with E-state index in [0.29, 0.717) is 45.3 Å². The van der Waals surface area contributed by atoms with Crippen LogP contribution in [0.5, 0.6) is 0 Å². The lowest BCUT2D eigenvalue weighted by Gasteiger charge is -2.32. The molecule has 1 atom stereocenters. The van der Waals surface area contributed by atoms with Crippen LogP contribution in [0.2, 0.25) is 0 Å². The van der Waals surface area contributed by atoms with Gasteiger partial charge in [-0.1, -0.05) is 5.16 Å². The van der Waals surface area contributed by atoms with E-state index in [1.165, 1.54) is 13.3 Å². The summed E-state index contributed by atoms with van der Waals surface area (Å²) in [5.74, 6) is -0.304. The van der Waals surface area contributed by atoms with Crippen LogP contribution in [-0.4, -0.2) is 48.8 Å². The first-order chi connectivity index (χ1) is 14.3. The minimum Gasteiger partial charge on any atom is -0.342 e. The van der Waals surface area contributed by atoms with Crippen LogP contribution in [0.15, 0.2) is 23.2 Å². The van der Waals surface area contributed by atoms with Crippen LogP contribution < -0.4 is 0 Å². The van der Waals surface area contributed by atoms with E-state index in [0.717, 1.165) is 6.07 Å². The molecule has 0 aliphatic carbocycles. The predicted octanol–water partition coefficient (Wildman–Crippen LogP) is 3.33. The maximum atomic E-state index is 13.6. The summed E-state index contributed by atoms with van der Waals surface area (Å²) in [6.45, 7) is 2.98. The molecule has 0 radical (unpaired) electrons. The van der Waals surface area contributed by atoms with E-state index < -0.39 is 11.7 Å². The molecule has 1 saturated heterocycles. The lowest BCUT2D eigenvalue weighted by molar-refractivity contribution is -0.136. The number of carbonyl (C=O) groups excluding carboxylic acids is 1. The van der Waals surface area contributed by atoms with Gasteiger partial charge in [-0.3, -0.25) is 9.48 Å². The van der Waals surface area contributed by atoms with Gasteiger partial charge in [0.1, 0.15) is 12.7 Å². The molecule has 3 aromatic rings. The quantitative estimate of drug-likeness (QED) is 0.627. The number of aryl methyl sites for hydroxylation is 2. The van der Waals surface area contributed by atoms with Gasteiger partial charge in [0.25, 0.3) is 5.71 Å². The molecule has 11 heteroatoms. The van der Waals surface area contributed by atoms with Crippen LogP contribution in [0.3, 0.4) is 0 Å². The molecular weight excluding hydrogens is 401 g/mol. The summed E-state index contributed by atoms with van der Waals surface area (Å²) >= 11 is 0. The van der Waals surface area contributed by atoms with Crippen molar-refractivity contribution in [1.82, 2.24) is 29.8 Å². The number of hydrogen-bond acceptors (Lipinski definition) is 6. The number of amides is 1. The first-order valence-corrected chi connectivity index (χ1v) is 9.77. The summed E-state index contributed by atoms with van der Waals surface area (Å²) in [6, 6.07) is 1.08. The zero-order valence-electron chi connectivity index (χ0n) is 16.4. The second kappa shape index (κ2) is 8.04. The Balaban J connectivity index is 1.49. The van der Waals surface area contributed by atoms with Gasteiger partial charge in [0.15, 0.2) is 0 Å². The Morgan fingerprint density at radius 2 is 2.20 bits per heavy atom. The zero-order chi connectivity index (χ0) is 21.3. The lowest BCUT2D eigenvalue weighted by atomic mass is 9.92. The first kappa shape index (κ1) is 20.3. The number of nitrogens with zero attached hydrogens (tertiary/aromatic N) is 6. The van der Waals surface area contributed by atoms with Gasteiger partial charge in [-0.15, -0.1) is 0 Å². The third-order valence-corrected chi connectivity index (χ3v) is 5.38. The highest BCUT2D eigenvalue weighted by molar-refractivity contribution is 5.81. The van der Waals surface area contributed by atoms with Crippen molar-refractivity contribution in [2.24, 2.45) is 0 Å². The Morgan fingerprint density at radius 1 is 1.37 bits per heavy atom. The van der Waals surface area contributed by atoms with E-state index in [-0.39, 0.29) is 34.3 Å². The van der Waals surface area contributed by atoms with Crippen molar-refractivity contribution in [3.8, 4) is 0 Å². The largest absolute Gasteiger partial charge is 0.417 e. The van der Waals surface area contributed by atoms with Crippen molar-refractivity contribution in [3.63, 3.8) is 0 Å². The van der Waals surface area contributed by atoms with Crippen molar-refractivity contribution in [2.75, 3.05) is 13.1 Å². The Bertz CT molecular complexity index is 1030. The number of likely N-dealkylation sites (tertiary alicyclic amines) is 1. The predicted molar refractivity (Wildman–Crippen MR) is 99.4 cm³/mol. The molecule has 1 amide bonds. The normalized spacial score (nSPS) is 17.6. The molecule has 3 aromatic heterocycles. The Kier molecular flexibility index (Phi) is 5.44. The number of carbonyl (C=O) groups is 1. The molecule has 0 spiro atoms. The second-order valence-corrected chi connectivity index (χ2v) is 7.48. The fraction of sp³-hybridized carbons (Fsp3) is 0.526. The average Bonchev–Trinajstić information content (AvgIpc) is 3.37. The summed E-state index contributed by atoms with van der Waals surface area (Å²) in [4.78, 5) is 22.5. The van der Waals surface area contributed by atoms with Crippen molar-refractivity contribution >= 4 is 17.0 Å². The molecule has 0 aromatic carbocycles. The molecule has 0 bridgehead atoms. The van der Waals surface area contributed by atoms with E-state index in [2.05, 4.69) is 20.2 Å². The van der Waals surface area contributed by atoms with Gasteiger partial charge in [0.05, 0.1) is 22.3 Å². The van der Waals surface area contributed by atoms with Crippen LogP contribution in [0.1, 0.15) is 48.6 Å². The summed E-state index contributed by atoms with van der Waals surface area (Å²) < 4.78 is 47.5. The van der Waals surface area contributed by atoms with Crippen LogP contribution in [0.4, 0.5) is 13.2 Å². The van der Waals surface area contributed by atoms with Crippen molar-refractivity contribution in [2.45, 2.75) is 51.2 Å². The number of rotatable bonds is 5. The number of fused-ring (bicyclic) bond motifs is 1. The molecule has 0 saturated carbocycles. The standard InChI is InChI=1S/C19H21F3N6O2/c1-12-17-14(19(20,21)22)8-15(25-18(17)30-26-12)13-4-2-6-27(9-13)16(29)5-3-7-28-11-23-10-24-28/h8,10-11,13H,2-7,9H2,1H3. The van der Waals surface area contributed by atoms with Crippen LogP contribution in [0.25, 0.3) is 11.1 Å². The van der Waals surface area contributed by atoms with Gasteiger partial charge >= 0.3 is 6.18 Å². The van der Waals surface area contributed by atoms with Crippen molar-refractivity contribution < 1.29 is 22.5 Å². The molecular formula is C19H21F3N6O2. The van der Waals surface area contributed by atoms with E-state index in [4.69, 9.17) is 4.52 Å². The number of hydrogen-bond donors (Lipinski definition) is 0. The average molecular weight is 422 g/mol. The summed E-state index contributed by atoms with van der Waals surface area (Å²) in [7, 11) is 0. The van der Waals surface area contributed by atoms with E-state index in [1.54, 1.807) is 15.9 Å². The maximum Gasteiger partial charge on any atom is 0.417 e. The van der Waals surface area contributed by atoms with Gasteiger partial charge in [-0.2, -0.15) is 18.3 Å². The van der Waals surface area contributed by atoms with Gasteiger partial charge < -0.3 is 9.42 Å². The Morgan fingerprint density at radius 3 is 2.93 bits per heavy atom. The lowest BCUT2D eigenvalue weighted by Crippen LogP contribution is -2.39. The number of pyridine rings is 1. The summed E-state index contributed by atoms with van der Waals surface area (Å²) in [6.07, 6.45) is 0.801. The van der Waals surface area contributed by atoms with Gasteiger partial charge in [0.2, 0.25) is 5.91 Å². The highest BCUT2D eigenvalue weighted by Crippen LogP contribution is 2.38. The maximum absolute atomic E-state index is 13.6. The highest BCUT2D eigenvalue weighted by atomic mass is 19.4. The molecule has 1 aliphatic heterocycles. The minimum absolute atomic E-state index is 0.0209. The molecule has 30 heavy (non-hydrogen) atoms. The molecule has 8 nitrogen and oxygen atoms in total. The number of alkyl halides is 3. The van der Waals surface area contributed by atoms with Gasteiger partial charge in [-0.05, 0) is 32.3 Å². The van der Waals surface area contributed by atoms with Gasteiger partial charge in [0, 0.05) is 32.0 Å². The molecule has 160 valence electrons. The van der Waals surface area contributed by atoms with E-state index >= 15 is 0 Å². The SMILES string of the molecule is Cc1noc2nc(C3CCCN(C(=O)CCCn4cncn4)C3)cc(C(F)(F)F)c12. The van der Waals surface area contributed by atoms with Gasteiger partial charge in [-0.25, -0.2) is 9.97 Å². The molecule has 1 unspecified atom stereocenters. The molecule has 1 fully saturated rings. The molecule has 4 heterocycles. The van der Waals surface area contributed by atoms with Crippen LogP contribution >= 0.6 is 0 Å². The third kappa shape index (κ3) is 4.14. The highest BCUT2D eigenvalue weighted by Gasteiger charge is 2.37. The van der Waals surface area contributed by atoms with Crippen molar-refractivity contribution in [3.05, 3.63) is 35.7 Å². The fourth-order valence-electron chi connectivity index (χ4n) is 3.89. The number of piperidine rings is 1. The summed E-state index contributed by atoms with van der Waals surface area (Å²) in [5, 5.41) is 7.53. The Labute approximate surface area is 170 Å². The van der Waals surface area contributed by atoms with E-state index in [1.807, 2.05) is 0 Å². The van der Waals surface area contributed by atoms with E-state index in [9.17, 15) is 18.0 Å².